The molecule has 3 aromatic carbocycles. The fraction of sp³-hybridized carbons (Fsp3) is 0.0833. The van der Waals surface area contributed by atoms with Gasteiger partial charge in [-0.1, -0.05) is 66.7 Å². The molecule has 1 atom stereocenters. The van der Waals surface area contributed by atoms with E-state index in [1.165, 1.54) is 5.01 Å². The van der Waals surface area contributed by atoms with Crippen molar-refractivity contribution in [2.75, 3.05) is 5.01 Å². The Hall–Kier alpha value is -4.06. The number of carbonyl (C=O) groups is 2. The van der Waals surface area contributed by atoms with Gasteiger partial charge in [-0.05, 0) is 36.8 Å². The first kappa shape index (κ1) is 19.3. The van der Waals surface area contributed by atoms with E-state index < -0.39 is 5.92 Å². The number of hydrogen-bond acceptors (Lipinski definition) is 4. The van der Waals surface area contributed by atoms with E-state index in [0.29, 0.717) is 22.7 Å². The Bertz CT molecular complexity index is 1110. The van der Waals surface area contributed by atoms with E-state index in [4.69, 9.17) is 0 Å². The van der Waals surface area contributed by atoms with Crippen LogP contribution in [0, 0.1) is 5.92 Å². The van der Waals surface area contributed by atoms with Crippen molar-refractivity contribution in [3.05, 3.63) is 102 Å². The predicted octanol–water partition coefficient (Wildman–Crippen LogP) is 3.86. The largest absolute Gasteiger partial charge is 0.271 e. The molecule has 0 spiro atoms. The van der Waals surface area contributed by atoms with E-state index in [0.717, 1.165) is 5.56 Å². The lowest BCUT2D eigenvalue weighted by molar-refractivity contribution is -0.118. The number of hydrazone groups is 2. The van der Waals surface area contributed by atoms with Crippen molar-refractivity contribution < 1.29 is 9.59 Å². The summed E-state index contributed by atoms with van der Waals surface area (Å²) in [5.74, 6) is -1.25. The highest BCUT2D eigenvalue weighted by Crippen LogP contribution is 2.26. The van der Waals surface area contributed by atoms with Gasteiger partial charge in [-0.3, -0.25) is 9.59 Å². The van der Waals surface area contributed by atoms with Crippen molar-refractivity contribution in [1.82, 2.24) is 5.43 Å². The van der Waals surface area contributed by atoms with Crippen LogP contribution >= 0.6 is 0 Å². The number of para-hydroxylation sites is 1. The first-order valence-corrected chi connectivity index (χ1v) is 9.57. The summed E-state index contributed by atoms with van der Waals surface area (Å²) in [6.45, 7) is 1.79. The summed E-state index contributed by atoms with van der Waals surface area (Å²) in [4.78, 5) is 25.8. The molecule has 1 heterocycles. The molecule has 1 unspecified atom stereocenters. The molecule has 0 aromatic heterocycles. The number of hydrogen-bond donors (Lipinski definition) is 1. The maximum Gasteiger partial charge on any atom is 0.271 e. The van der Waals surface area contributed by atoms with E-state index in [1.54, 1.807) is 31.2 Å². The SMILES string of the molecule is CC1=NN(c2ccccc2)C(=O)C1/C(=N/NC(=O)c1ccccc1)c1ccccc1. The van der Waals surface area contributed by atoms with Crippen LogP contribution in [-0.2, 0) is 4.79 Å². The van der Waals surface area contributed by atoms with Crippen molar-refractivity contribution in [3.63, 3.8) is 0 Å². The van der Waals surface area contributed by atoms with Crippen molar-refractivity contribution >= 4 is 28.9 Å². The maximum absolute atomic E-state index is 13.3. The Balaban J connectivity index is 1.68. The van der Waals surface area contributed by atoms with Crippen LogP contribution < -0.4 is 10.4 Å². The number of amides is 2. The zero-order chi connectivity index (χ0) is 20.9. The first-order valence-electron chi connectivity index (χ1n) is 9.57. The minimum atomic E-state index is -0.691. The normalized spacial score (nSPS) is 16.4. The molecular formula is C24H20N4O2. The van der Waals surface area contributed by atoms with Crippen LogP contribution in [0.5, 0.6) is 0 Å². The van der Waals surface area contributed by atoms with Crippen molar-refractivity contribution in [3.8, 4) is 0 Å². The molecule has 1 aliphatic rings. The molecule has 2 amide bonds. The highest BCUT2D eigenvalue weighted by molar-refractivity contribution is 6.31. The highest BCUT2D eigenvalue weighted by atomic mass is 16.2. The van der Waals surface area contributed by atoms with Crippen LogP contribution in [0.15, 0.2) is 101 Å². The fourth-order valence-corrected chi connectivity index (χ4v) is 3.30. The summed E-state index contributed by atoms with van der Waals surface area (Å²) in [5.41, 5.74) is 5.57. The summed E-state index contributed by atoms with van der Waals surface area (Å²) in [6, 6.07) is 27.4. The summed E-state index contributed by atoms with van der Waals surface area (Å²) < 4.78 is 0. The topological polar surface area (TPSA) is 74.1 Å². The van der Waals surface area contributed by atoms with Gasteiger partial charge in [0.05, 0.1) is 17.1 Å². The second kappa shape index (κ2) is 8.53. The van der Waals surface area contributed by atoms with Crippen LogP contribution in [0.3, 0.4) is 0 Å². The number of nitrogens with zero attached hydrogens (tertiary/aromatic N) is 3. The van der Waals surface area contributed by atoms with Crippen LogP contribution in [0.4, 0.5) is 5.69 Å². The van der Waals surface area contributed by atoms with Crippen LogP contribution in [0.25, 0.3) is 0 Å². The molecule has 0 saturated heterocycles. The quantitative estimate of drug-likeness (QED) is 0.525. The molecule has 30 heavy (non-hydrogen) atoms. The van der Waals surface area contributed by atoms with Gasteiger partial charge in [0, 0.05) is 5.56 Å². The molecule has 6 heteroatoms. The molecule has 0 fully saturated rings. The molecule has 0 saturated carbocycles. The van der Waals surface area contributed by atoms with Gasteiger partial charge in [0.15, 0.2) is 0 Å². The molecule has 6 nitrogen and oxygen atoms in total. The minimum Gasteiger partial charge on any atom is -0.271 e. The van der Waals surface area contributed by atoms with Gasteiger partial charge in [-0.15, -0.1) is 0 Å². The third-order valence-electron chi connectivity index (χ3n) is 4.79. The summed E-state index contributed by atoms with van der Waals surface area (Å²) in [7, 11) is 0. The van der Waals surface area contributed by atoms with Gasteiger partial charge in [-0.25, -0.2) is 5.43 Å². The van der Waals surface area contributed by atoms with Gasteiger partial charge in [0.2, 0.25) is 0 Å². The van der Waals surface area contributed by atoms with E-state index in [2.05, 4.69) is 15.6 Å². The Morgan fingerprint density at radius 2 is 1.40 bits per heavy atom. The summed E-state index contributed by atoms with van der Waals surface area (Å²) in [6.07, 6.45) is 0. The molecule has 1 N–H and O–H groups in total. The zero-order valence-electron chi connectivity index (χ0n) is 16.4. The average molecular weight is 396 g/mol. The molecule has 0 bridgehead atoms. The summed E-state index contributed by atoms with van der Waals surface area (Å²) >= 11 is 0. The Labute approximate surface area is 174 Å². The van der Waals surface area contributed by atoms with Gasteiger partial charge in [0.1, 0.15) is 5.92 Å². The van der Waals surface area contributed by atoms with Gasteiger partial charge >= 0.3 is 0 Å². The number of nitrogens with one attached hydrogen (secondary N) is 1. The number of carbonyl (C=O) groups excluding carboxylic acids is 2. The lowest BCUT2D eigenvalue weighted by Gasteiger charge is -2.16. The second-order valence-corrected chi connectivity index (χ2v) is 6.83. The average Bonchev–Trinajstić information content (AvgIpc) is 3.10. The third kappa shape index (κ3) is 3.89. The Morgan fingerprint density at radius 1 is 0.867 bits per heavy atom. The van der Waals surface area contributed by atoms with Gasteiger partial charge < -0.3 is 0 Å². The standard InChI is InChI=1S/C24H20N4O2/c1-17-21(24(30)28(27-17)20-15-9-4-10-16-20)22(18-11-5-2-6-12-18)25-26-23(29)19-13-7-3-8-14-19/h2-16,21H,1H3,(H,26,29)/b25-22+. The van der Waals surface area contributed by atoms with Gasteiger partial charge in [0.25, 0.3) is 11.8 Å². The number of rotatable bonds is 5. The van der Waals surface area contributed by atoms with E-state index in [9.17, 15) is 9.59 Å². The van der Waals surface area contributed by atoms with Crippen molar-refractivity contribution in [2.24, 2.45) is 16.1 Å². The summed E-state index contributed by atoms with van der Waals surface area (Å²) in [5, 5.41) is 10.2. The molecule has 0 radical (unpaired) electrons. The maximum atomic E-state index is 13.3. The Morgan fingerprint density at radius 3 is 2.00 bits per heavy atom. The molecule has 4 rings (SSSR count). The molecule has 1 aliphatic heterocycles. The number of anilines is 1. The predicted molar refractivity (Wildman–Crippen MR) is 117 cm³/mol. The Kier molecular flexibility index (Phi) is 5.48. The van der Waals surface area contributed by atoms with E-state index in [-0.39, 0.29) is 11.8 Å². The monoisotopic (exact) mass is 396 g/mol. The fourth-order valence-electron chi connectivity index (χ4n) is 3.30. The van der Waals surface area contributed by atoms with Crippen molar-refractivity contribution in [1.29, 1.82) is 0 Å². The lowest BCUT2D eigenvalue weighted by atomic mass is 9.93. The minimum absolute atomic E-state index is 0.213. The van der Waals surface area contributed by atoms with Crippen LogP contribution in [-0.4, -0.2) is 23.2 Å². The molecule has 3 aromatic rings. The molecule has 148 valence electrons. The third-order valence-corrected chi connectivity index (χ3v) is 4.79. The smallest absolute Gasteiger partial charge is 0.271 e. The van der Waals surface area contributed by atoms with Crippen molar-refractivity contribution in [2.45, 2.75) is 6.92 Å². The number of benzene rings is 3. The second-order valence-electron chi connectivity index (χ2n) is 6.83. The van der Waals surface area contributed by atoms with Gasteiger partial charge in [-0.2, -0.15) is 15.2 Å². The van der Waals surface area contributed by atoms with Crippen LogP contribution in [0.1, 0.15) is 22.8 Å². The first-order chi connectivity index (χ1) is 14.6. The van der Waals surface area contributed by atoms with Crippen LogP contribution in [0.2, 0.25) is 0 Å². The lowest BCUT2D eigenvalue weighted by Crippen LogP contribution is -2.35. The zero-order valence-corrected chi connectivity index (χ0v) is 16.4. The highest BCUT2D eigenvalue weighted by Gasteiger charge is 2.38. The van der Waals surface area contributed by atoms with E-state index in [1.807, 2.05) is 66.7 Å². The van der Waals surface area contributed by atoms with E-state index >= 15 is 0 Å². The molecular weight excluding hydrogens is 376 g/mol. The molecule has 0 aliphatic carbocycles.